The Hall–Kier alpha value is -3.18. The molecule has 1 atom stereocenters. The molecule has 5 nitrogen and oxygen atoms in total. The summed E-state index contributed by atoms with van der Waals surface area (Å²) in [5.74, 6) is -0.221. The van der Waals surface area contributed by atoms with Crippen molar-refractivity contribution in [3.05, 3.63) is 93.8 Å². The molecule has 1 aliphatic rings. The highest BCUT2D eigenvalue weighted by atomic mass is 16.2. The summed E-state index contributed by atoms with van der Waals surface area (Å²) in [4.78, 5) is 30.2. The number of nitrogens with one attached hydrogen (secondary N) is 2. The van der Waals surface area contributed by atoms with Crippen molar-refractivity contribution >= 4 is 5.91 Å². The summed E-state index contributed by atoms with van der Waals surface area (Å²) in [5.41, 5.74) is 3.84. The average molecular weight is 373 g/mol. The van der Waals surface area contributed by atoms with Crippen LogP contribution < -0.4 is 10.9 Å². The van der Waals surface area contributed by atoms with E-state index in [1.54, 1.807) is 17.0 Å². The molecule has 1 amide bonds. The third-order valence-corrected chi connectivity index (χ3v) is 5.25. The number of aromatic amines is 1. The Bertz CT molecular complexity index is 1040. The molecule has 2 aromatic carbocycles. The number of nitrogens with zero attached hydrogens (tertiary/aromatic N) is 1. The summed E-state index contributed by atoms with van der Waals surface area (Å²) in [6, 6.07) is 21.3. The number of hydrogen-bond donors (Lipinski definition) is 2. The second-order valence-corrected chi connectivity index (χ2v) is 7.10. The number of benzene rings is 2. The van der Waals surface area contributed by atoms with Crippen molar-refractivity contribution in [3.63, 3.8) is 0 Å². The fourth-order valence-corrected chi connectivity index (χ4v) is 3.72. The average Bonchev–Trinajstić information content (AvgIpc) is 2.74. The molecule has 0 radical (unpaired) electrons. The van der Waals surface area contributed by atoms with Gasteiger partial charge in [-0.15, -0.1) is 0 Å². The van der Waals surface area contributed by atoms with E-state index in [2.05, 4.69) is 29.4 Å². The molecule has 5 heteroatoms. The van der Waals surface area contributed by atoms with Crippen molar-refractivity contribution in [1.82, 2.24) is 15.2 Å². The zero-order valence-corrected chi connectivity index (χ0v) is 15.8. The Morgan fingerprint density at radius 1 is 1.00 bits per heavy atom. The number of amides is 1. The third kappa shape index (κ3) is 3.62. The van der Waals surface area contributed by atoms with Gasteiger partial charge in [0, 0.05) is 25.3 Å². The molecule has 0 spiro atoms. The Morgan fingerprint density at radius 2 is 1.75 bits per heavy atom. The first-order chi connectivity index (χ1) is 13.6. The first kappa shape index (κ1) is 18.2. The second-order valence-electron chi connectivity index (χ2n) is 7.10. The van der Waals surface area contributed by atoms with E-state index in [1.807, 2.05) is 42.5 Å². The molecule has 2 heterocycles. The van der Waals surface area contributed by atoms with Crippen LogP contribution >= 0.6 is 0 Å². The summed E-state index contributed by atoms with van der Waals surface area (Å²) in [5, 5.41) is 3.48. The van der Waals surface area contributed by atoms with E-state index < -0.39 is 0 Å². The van der Waals surface area contributed by atoms with Gasteiger partial charge in [-0.2, -0.15) is 0 Å². The van der Waals surface area contributed by atoms with E-state index in [4.69, 9.17) is 0 Å². The molecule has 1 unspecified atom stereocenters. The zero-order valence-electron chi connectivity index (χ0n) is 15.8. The van der Waals surface area contributed by atoms with E-state index in [-0.39, 0.29) is 23.1 Å². The molecule has 1 saturated heterocycles. The second kappa shape index (κ2) is 7.82. The molecule has 2 N–H and O–H groups in total. The number of H-pyrrole nitrogens is 1. The van der Waals surface area contributed by atoms with Crippen molar-refractivity contribution < 1.29 is 4.79 Å². The summed E-state index contributed by atoms with van der Waals surface area (Å²) < 4.78 is 0. The number of carbonyl (C=O) groups is 1. The summed E-state index contributed by atoms with van der Waals surface area (Å²) in [6.07, 6.45) is 0. The predicted octanol–water partition coefficient (Wildman–Crippen LogP) is 3.14. The number of aryl methyl sites for hydroxylation is 1. The highest BCUT2D eigenvalue weighted by molar-refractivity contribution is 5.94. The number of hydrogen-bond acceptors (Lipinski definition) is 3. The molecule has 3 aromatic rings. The lowest BCUT2D eigenvalue weighted by atomic mass is 9.99. The van der Waals surface area contributed by atoms with Crippen LogP contribution in [0.2, 0.25) is 0 Å². The largest absolute Gasteiger partial charge is 0.335 e. The maximum absolute atomic E-state index is 13.0. The van der Waals surface area contributed by atoms with Gasteiger partial charge in [0.05, 0.1) is 6.04 Å². The highest BCUT2D eigenvalue weighted by Gasteiger charge is 2.27. The molecule has 28 heavy (non-hydrogen) atoms. The summed E-state index contributed by atoms with van der Waals surface area (Å²) in [7, 11) is 0. The standard InChI is InChI=1S/C23H23N3O2/c1-16-7-5-6-10-18(16)21-15-26(14-13-24-21)23(28)19-11-12-20(25-22(19)27)17-8-3-2-4-9-17/h2-12,21,24H,13-15H2,1H3,(H,25,27). The first-order valence-corrected chi connectivity index (χ1v) is 9.50. The molecule has 0 bridgehead atoms. The molecular formula is C23H23N3O2. The number of pyridine rings is 1. The summed E-state index contributed by atoms with van der Waals surface area (Å²) >= 11 is 0. The minimum Gasteiger partial charge on any atom is -0.335 e. The van der Waals surface area contributed by atoms with Crippen LogP contribution in [-0.2, 0) is 0 Å². The Morgan fingerprint density at radius 3 is 2.50 bits per heavy atom. The normalized spacial score (nSPS) is 16.8. The van der Waals surface area contributed by atoms with Gasteiger partial charge in [0.15, 0.2) is 0 Å². The van der Waals surface area contributed by atoms with Gasteiger partial charge in [0.2, 0.25) is 0 Å². The number of rotatable bonds is 3. The van der Waals surface area contributed by atoms with Gasteiger partial charge in [-0.05, 0) is 35.7 Å². The van der Waals surface area contributed by atoms with Crippen molar-refractivity contribution in [3.8, 4) is 11.3 Å². The van der Waals surface area contributed by atoms with Crippen molar-refractivity contribution in [2.24, 2.45) is 0 Å². The quantitative estimate of drug-likeness (QED) is 0.741. The number of carbonyl (C=O) groups excluding carboxylic acids is 1. The van der Waals surface area contributed by atoms with Crippen LogP contribution in [0.4, 0.5) is 0 Å². The molecule has 0 saturated carbocycles. The number of aromatic nitrogens is 1. The maximum atomic E-state index is 13.0. The van der Waals surface area contributed by atoms with Gasteiger partial charge in [-0.1, -0.05) is 54.6 Å². The SMILES string of the molecule is Cc1ccccc1C1CN(C(=O)c2ccc(-c3ccccc3)[nH]c2=O)CCN1. The lowest BCUT2D eigenvalue weighted by molar-refractivity contribution is 0.0701. The van der Waals surface area contributed by atoms with E-state index in [0.717, 1.165) is 5.56 Å². The van der Waals surface area contributed by atoms with Crippen LogP contribution in [0.1, 0.15) is 27.5 Å². The molecule has 142 valence electrons. The van der Waals surface area contributed by atoms with E-state index in [0.29, 0.717) is 25.3 Å². The van der Waals surface area contributed by atoms with Crippen LogP contribution in [0.5, 0.6) is 0 Å². The molecule has 1 aliphatic heterocycles. The van der Waals surface area contributed by atoms with E-state index in [1.165, 1.54) is 11.1 Å². The van der Waals surface area contributed by atoms with Crippen LogP contribution in [-0.4, -0.2) is 35.4 Å². The Kier molecular flexibility index (Phi) is 5.08. The monoisotopic (exact) mass is 373 g/mol. The fourth-order valence-electron chi connectivity index (χ4n) is 3.72. The molecular weight excluding hydrogens is 350 g/mol. The predicted molar refractivity (Wildman–Crippen MR) is 110 cm³/mol. The highest BCUT2D eigenvalue weighted by Crippen LogP contribution is 2.22. The zero-order chi connectivity index (χ0) is 19.5. The molecule has 1 aromatic heterocycles. The van der Waals surface area contributed by atoms with Crippen LogP contribution in [0.3, 0.4) is 0 Å². The molecule has 0 aliphatic carbocycles. The Balaban J connectivity index is 1.56. The van der Waals surface area contributed by atoms with E-state index >= 15 is 0 Å². The third-order valence-electron chi connectivity index (χ3n) is 5.25. The topological polar surface area (TPSA) is 65.2 Å². The lowest BCUT2D eigenvalue weighted by Crippen LogP contribution is -2.49. The van der Waals surface area contributed by atoms with Gasteiger partial charge >= 0.3 is 0 Å². The van der Waals surface area contributed by atoms with E-state index in [9.17, 15) is 9.59 Å². The minimum atomic E-state index is -0.350. The smallest absolute Gasteiger partial charge is 0.261 e. The van der Waals surface area contributed by atoms with Crippen LogP contribution in [0.25, 0.3) is 11.3 Å². The van der Waals surface area contributed by atoms with Crippen LogP contribution in [0, 0.1) is 6.92 Å². The van der Waals surface area contributed by atoms with Gasteiger partial charge in [0.25, 0.3) is 11.5 Å². The maximum Gasteiger partial charge on any atom is 0.261 e. The van der Waals surface area contributed by atoms with Gasteiger partial charge in [-0.3, -0.25) is 9.59 Å². The van der Waals surface area contributed by atoms with Gasteiger partial charge in [0.1, 0.15) is 5.56 Å². The Labute approximate surface area is 164 Å². The van der Waals surface area contributed by atoms with Crippen molar-refractivity contribution in [2.75, 3.05) is 19.6 Å². The first-order valence-electron chi connectivity index (χ1n) is 9.50. The minimum absolute atomic E-state index is 0.0709. The number of piperazine rings is 1. The van der Waals surface area contributed by atoms with Crippen molar-refractivity contribution in [1.29, 1.82) is 0 Å². The van der Waals surface area contributed by atoms with Crippen LogP contribution in [0.15, 0.2) is 71.5 Å². The molecule has 1 fully saturated rings. The van der Waals surface area contributed by atoms with Gasteiger partial charge in [-0.25, -0.2) is 0 Å². The fraction of sp³-hybridized carbons (Fsp3) is 0.217. The lowest BCUT2D eigenvalue weighted by Gasteiger charge is -2.34. The van der Waals surface area contributed by atoms with Crippen molar-refractivity contribution in [2.45, 2.75) is 13.0 Å². The summed E-state index contributed by atoms with van der Waals surface area (Å²) in [6.45, 7) is 3.90. The molecule has 4 rings (SSSR count). The van der Waals surface area contributed by atoms with Gasteiger partial charge < -0.3 is 15.2 Å².